The fourth-order valence-corrected chi connectivity index (χ4v) is 3.42. The molecule has 1 amide bonds. The first-order chi connectivity index (χ1) is 9.56. The number of rotatable bonds is 4. The SMILES string of the molecule is C[C@H]1[C@@H](NC(=O)CSc2ccc(F)cc2)CCC[C@@H]1C. The van der Waals surface area contributed by atoms with Gasteiger partial charge in [-0.15, -0.1) is 11.8 Å². The third-order valence-corrected chi connectivity index (χ3v) is 5.25. The van der Waals surface area contributed by atoms with Crippen LogP contribution in [0.5, 0.6) is 0 Å². The lowest BCUT2D eigenvalue weighted by Gasteiger charge is -2.34. The normalized spacial score (nSPS) is 26.2. The van der Waals surface area contributed by atoms with Gasteiger partial charge in [0.2, 0.25) is 5.91 Å². The van der Waals surface area contributed by atoms with Crippen LogP contribution in [0.2, 0.25) is 0 Å². The van der Waals surface area contributed by atoms with Gasteiger partial charge < -0.3 is 5.32 Å². The number of hydrogen-bond donors (Lipinski definition) is 1. The summed E-state index contributed by atoms with van der Waals surface area (Å²) >= 11 is 1.45. The van der Waals surface area contributed by atoms with Crippen LogP contribution in [0.1, 0.15) is 33.1 Å². The first-order valence-corrected chi connectivity index (χ1v) is 8.22. The molecule has 1 saturated carbocycles. The van der Waals surface area contributed by atoms with Gasteiger partial charge in [0.1, 0.15) is 5.82 Å². The molecule has 0 unspecified atom stereocenters. The van der Waals surface area contributed by atoms with Gasteiger partial charge in [-0.2, -0.15) is 0 Å². The van der Waals surface area contributed by atoms with E-state index in [0.29, 0.717) is 23.6 Å². The molecule has 0 aliphatic heterocycles. The Balaban J connectivity index is 1.79. The average Bonchev–Trinajstić information content (AvgIpc) is 2.43. The summed E-state index contributed by atoms with van der Waals surface area (Å²) in [5.74, 6) is 1.44. The van der Waals surface area contributed by atoms with Gasteiger partial charge in [0.05, 0.1) is 5.75 Å². The molecule has 0 saturated heterocycles. The first-order valence-electron chi connectivity index (χ1n) is 7.24. The van der Waals surface area contributed by atoms with Crippen molar-refractivity contribution in [2.45, 2.75) is 44.0 Å². The summed E-state index contributed by atoms with van der Waals surface area (Å²) in [6.07, 6.45) is 3.54. The van der Waals surface area contributed by atoms with E-state index >= 15 is 0 Å². The average molecular weight is 295 g/mol. The summed E-state index contributed by atoms with van der Waals surface area (Å²) in [4.78, 5) is 12.9. The number of nitrogens with one attached hydrogen (secondary N) is 1. The molecule has 1 N–H and O–H groups in total. The molecule has 110 valence electrons. The third-order valence-electron chi connectivity index (χ3n) is 4.24. The fourth-order valence-electron chi connectivity index (χ4n) is 2.71. The Morgan fingerprint density at radius 3 is 2.70 bits per heavy atom. The van der Waals surface area contributed by atoms with Crippen molar-refractivity contribution in [2.75, 3.05) is 5.75 Å². The Labute approximate surface area is 124 Å². The van der Waals surface area contributed by atoms with Crippen LogP contribution in [0.15, 0.2) is 29.2 Å². The molecule has 2 nitrogen and oxygen atoms in total. The zero-order valence-corrected chi connectivity index (χ0v) is 12.9. The summed E-state index contributed by atoms with van der Waals surface area (Å²) in [6, 6.07) is 6.56. The highest BCUT2D eigenvalue weighted by Gasteiger charge is 2.27. The van der Waals surface area contributed by atoms with Crippen LogP contribution < -0.4 is 5.32 Å². The number of hydrogen-bond acceptors (Lipinski definition) is 2. The fraction of sp³-hybridized carbons (Fsp3) is 0.562. The second kappa shape index (κ2) is 7.11. The van der Waals surface area contributed by atoms with E-state index < -0.39 is 0 Å². The molecule has 1 aromatic carbocycles. The minimum atomic E-state index is -0.246. The second-order valence-electron chi connectivity index (χ2n) is 5.68. The van der Waals surface area contributed by atoms with E-state index in [2.05, 4.69) is 19.2 Å². The lowest BCUT2D eigenvalue weighted by atomic mass is 9.78. The Bertz CT molecular complexity index is 448. The molecular weight excluding hydrogens is 273 g/mol. The molecule has 0 aromatic heterocycles. The number of thioether (sulfide) groups is 1. The lowest BCUT2D eigenvalue weighted by Crippen LogP contribution is -2.44. The number of benzene rings is 1. The molecule has 3 atom stereocenters. The summed E-state index contributed by atoms with van der Waals surface area (Å²) in [5.41, 5.74) is 0. The Morgan fingerprint density at radius 1 is 1.30 bits per heavy atom. The lowest BCUT2D eigenvalue weighted by molar-refractivity contribution is -0.119. The van der Waals surface area contributed by atoms with Crippen LogP contribution in [0, 0.1) is 17.7 Å². The monoisotopic (exact) mass is 295 g/mol. The minimum Gasteiger partial charge on any atom is -0.352 e. The molecule has 1 aliphatic rings. The van der Waals surface area contributed by atoms with Crippen molar-refractivity contribution in [3.8, 4) is 0 Å². The van der Waals surface area contributed by atoms with Crippen molar-refractivity contribution in [3.63, 3.8) is 0 Å². The van der Waals surface area contributed by atoms with E-state index in [9.17, 15) is 9.18 Å². The van der Waals surface area contributed by atoms with Crippen LogP contribution in [0.3, 0.4) is 0 Å². The van der Waals surface area contributed by atoms with Crippen molar-refractivity contribution in [1.82, 2.24) is 5.32 Å². The van der Waals surface area contributed by atoms with E-state index in [-0.39, 0.29) is 11.7 Å². The summed E-state index contributed by atoms with van der Waals surface area (Å²) in [7, 11) is 0. The van der Waals surface area contributed by atoms with Crippen molar-refractivity contribution in [3.05, 3.63) is 30.1 Å². The molecule has 0 spiro atoms. The molecule has 4 heteroatoms. The van der Waals surface area contributed by atoms with Gasteiger partial charge in [-0.25, -0.2) is 4.39 Å². The number of carbonyl (C=O) groups is 1. The van der Waals surface area contributed by atoms with Gasteiger partial charge in [0.15, 0.2) is 0 Å². The quantitative estimate of drug-likeness (QED) is 0.855. The van der Waals surface area contributed by atoms with E-state index in [1.54, 1.807) is 12.1 Å². The van der Waals surface area contributed by atoms with Gasteiger partial charge >= 0.3 is 0 Å². The van der Waals surface area contributed by atoms with Crippen molar-refractivity contribution in [1.29, 1.82) is 0 Å². The molecule has 1 fully saturated rings. The maximum Gasteiger partial charge on any atom is 0.230 e. The molecule has 1 aliphatic carbocycles. The van der Waals surface area contributed by atoms with E-state index in [0.717, 1.165) is 11.3 Å². The predicted octanol–water partition coefficient (Wildman–Crippen LogP) is 3.86. The highest BCUT2D eigenvalue weighted by atomic mass is 32.2. The zero-order chi connectivity index (χ0) is 14.5. The third kappa shape index (κ3) is 4.23. The van der Waals surface area contributed by atoms with Crippen LogP contribution in [0.4, 0.5) is 4.39 Å². The molecule has 0 radical (unpaired) electrons. The van der Waals surface area contributed by atoms with E-state index in [1.165, 1.54) is 36.7 Å². The topological polar surface area (TPSA) is 29.1 Å². The standard InChI is InChI=1S/C16H22FNOS/c1-11-4-3-5-15(12(11)2)18-16(19)10-20-14-8-6-13(17)7-9-14/h6-9,11-12,15H,3-5,10H2,1-2H3,(H,18,19)/t11-,12+,15-/m0/s1. The summed E-state index contributed by atoms with van der Waals surface area (Å²) in [6.45, 7) is 4.48. The Kier molecular flexibility index (Phi) is 5.46. The van der Waals surface area contributed by atoms with Crippen LogP contribution in [-0.4, -0.2) is 17.7 Å². The zero-order valence-electron chi connectivity index (χ0n) is 12.1. The number of halogens is 1. The maximum absolute atomic E-state index is 12.8. The highest BCUT2D eigenvalue weighted by Crippen LogP contribution is 2.29. The van der Waals surface area contributed by atoms with Crippen molar-refractivity contribution in [2.24, 2.45) is 11.8 Å². The number of carbonyl (C=O) groups excluding carboxylic acids is 1. The summed E-state index contributed by atoms with van der Waals surface area (Å²) in [5, 5.41) is 3.15. The minimum absolute atomic E-state index is 0.0743. The maximum atomic E-state index is 12.8. The van der Waals surface area contributed by atoms with Crippen LogP contribution in [0.25, 0.3) is 0 Å². The first kappa shape index (κ1) is 15.4. The smallest absolute Gasteiger partial charge is 0.230 e. The number of amides is 1. The Morgan fingerprint density at radius 2 is 2.00 bits per heavy atom. The van der Waals surface area contributed by atoms with Crippen LogP contribution in [-0.2, 0) is 4.79 Å². The van der Waals surface area contributed by atoms with E-state index in [4.69, 9.17) is 0 Å². The molecular formula is C16H22FNOS. The Hall–Kier alpha value is -1.03. The van der Waals surface area contributed by atoms with Gasteiger partial charge in [0.25, 0.3) is 0 Å². The molecule has 1 aromatic rings. The van der Waals surface area contributed by atoms with Gasteiger partial charge in [-0.1, -0.05) is 26.7 Å². The largest absolute Gasteiger partial charge is 0.352 e. The molecule has 2 rings (SSSR count). The van der Waals surface area contributed by atoms with Gasteiger partial charge in [-0.3, -0.25) is 4.79 Å². The van der Waals surface area contributed by atoms with Crippen molar-refractivity contribution >= 4 is 17.7 Å². The van der Waals surface area contributed by atoms with E-state index in [1.807, 2.05) is 0 Å². The van der Waals surface area contributed by atoms with Gasteiger partial charge in [0, 0.05) is 10.9 Å². The second-order valence-corrected chi connectivity index (χ2v) is 6.73. The highest BCUT2D eigenvalue weighted by molar-refractivity contribution is 8.00. The molecule has 0 bridgehead atoms. The van der Waals surface area contributed by atoms with Crippen molar-refractivity contribution < 1.29 is 9.18 Å². The molecule has 20 heavy (non-hydrogen) atoms. The van der Waals surface area contributed by atoms with Gasteiger partial charge in [-0.05, 0) is 42.5 Å². The summed E-state index contributed by atoms with van der Waals surface area (Å²) < 4.78 is 12.8. The van der Waals surface area contributed by atoms with Crippen LogP contribution >= 0.6 is 11.8 Å². The molecule has 0 heterocycles. The predicted molar refractivity (Wildman–Crippen MR) is 81.2 cm³/mol.